The van der Waals surface area contributed by atoms with Gasteiger partial charge in [0.1, 0.15) is 12.4 Å². The van der Waals surface area contributed by atoms with Crippen LogP contribution in [-0.4, -0.2) is 6.61 Å². The number of hydrogen-bond acceptors (Lipinski definition) is 1. The molecule has 3 heteroatoms. The molecule has 0 spiro atoms. The van der Waals surface area contributed by atoms with Crippen molar-refractivity contribution in [2.75, 3.05) is 6.61 Å². The van der Waals surface area contributed by atoms with Crippen molar-refractivity contribution in [2.24, 2.45) is 0 Å². The first-order valence-corrected chi connectivity index (χ1v) is 4.79. The maximum absolute atomic E-state index is 5.96. The molecule has 0 N–H and O–H groups in total. The molecular formula is C11H10Cl2O. The van der Waals surface area contributed by atoms with Crippen molar-refractivity contribution in [2.45, 2.75) is 0 Å². The Labute approximate surface area is 93.6 Å². The number of halogens is 2. The SMILES string of the molecule is C=CCOc1c(Cl)cc(Cl)cc1C=C. The highest BCUT2D eigenvalue weighted by Gasteiger charge is 2.07. The number of hydrogen-bond donors (Lipinski definition) is 0. The molecule has 1 nitrogen and oxygen atoms in total. The van der Waals surface area contributed by atoms with E-state index in [0.717, 1.165) is 5.56 Å². The number of ether oxygens (including phenoxy) is 1. The van der Waals surface area contributed by atoms with Crippen LogP contribution >= 0.6 is 23.2 Å². The summed E-state index contributed by atoms with van der Waals surface area (Å²) in [4.78, 5) is 0. The van der Waals surface area contributed by atoms with Crippen LogP contribution in [0.4, 0.5) is 0 Å². The van der Waals surface area contributed by atoms with Crippen LogP contribution in [0.3, 0.4) is 0 Å². The van der Waals surface area contributed by atoms with Gasteiger partial charge in [-0.05, 0) is 12.1 Å². The van der Waals surface area contributed by atoms with Gasteiger partial charge in [-0.3, -0.25) is 0 Å². The molecule has 0 aromatic heterocycles. The first-order valence-electron chi connectivity index (χ1n) is 4.04. The van der Waals surface area contributed by atoms with Crippen molar-refractivity contribution in [1.82, 2.24) is 0 Å². The second-order valence-electron chi connectivity index (χ2n) is 2.61. The van der Waals surface area contributed by atoms with Gasteiger partial charge in [0.25, 0.3) is 0 Å². The summed E-state index contributed by atoms with van der Waals surface area (Å²) in [6.07, 6.45) is 3.30. The predicted molar refractivity (Wildman–Crippen MR) is 62.2 cm³/mol. The third kappa shape index (κ3) is 2.53. The Bertz CT molecular complexity index is 359. The molecule has 0 fully saturated rings. The van der Waals surface area contributed by atoms with E-state index in [2.05, 4.69) is 13.2 Å². The zero-order chi connectivity index (χ0) is 10.6. The smallest absolute Gasteiger partial charge is 0.145 e. The molecule has 74 valence electrons. The fraction of sp³-hybridized carbons (Fsp3) is 0.0909. The van der Waals surface area contributed by atoms with Crippen LogP contribution < -0.4 is 4.74 Å². The maximum Gasteiger partial charge on any atom is 0.145 e. The van der Waals surface area contributed by atoms with Gasteiger partial charge in [0.2, 0.25) is 0 Å². The van der Waals surface area contributed by atoms with E-state index in [1.54, 1.807) is 24.3 Å². The zero-order valence-corrected chi connectivity index (χ0v) is 9.11. The van der Waals surface area contributed by atoms with Gasteiger partial charge in [0.05, 0.1) is 5.02 Å². The lowest BCUT2D eigenvalue weighted by molar-refractivity contribution is 0.362. The maximum atomic E-state index is 5.96. The van der Waals surface area contributed by atoms with E-state index in [4.69, 9.17) is 27.9 Å². The summed E-state index contributed by atoms with van der Waals surface area (Å²) >= 11 is 11.8. The topological polar surface area (TPSA) is 9.23 Å². The molecule has 0 aliphatic heterocycles. The summed E-state index contributed by atoms with van der Waals surface area (Å²) in [6.45, 7) is 7.62. The summed E-state index contributed by atoms with van der Waals surface area (Å²) in [6, 6.07) is 3.38. The van der Waals surface area contributed by atoms with Crippen molar-refractivity contribution in [3.05, 3.63) is 47.0 Å². The number of benzene rings is 1. The van der Waals surface area contributed by atoms with Crippen LogP contribution in [0.2, 0.25) is 10.0 Å². The molecule has 0 saturated carbocycles. The molecule has 1 aromatic rings. The summed E-state index contributed by atoms with van der Waals surface area (Å²) in [7, 11) is 0. The van der Waals surface area contributed by atoms with Crippen LogP contribution in [0, 0.1) is 0 Å². The van der Waals surface area contributed by atoms with E-state index in [0.29, 0.717) is 22.4 Å². The lowest BCUT2D eigenvalue weighted by Crippen LogP contribution is -1.95. The molecule has 14 heavy (non-hydrogen) atoms. The Hall–Kier alpha value is -0.920. The molecule has 1 aromatic carbocycles. The average Bonchev–Trinajstić information content (AvgIpc) is 2.15. The van der Waals surface area contributed by atoms with Crippen LogP contribution in [0.25, 0.3) is 6.08 Å². The highest BCUT2D eigenvalue weighted by molar-refractivity contribution is 6.35. The molecule has 0 bridgehead atoms. The first-order chi connectivity index (χ1) is 6.69. The highest BCUT2D eigenvalue weighted by atomic mass is 35.5. The standard InChI is InChI=1S/C11H10Cl2O/c1-3-5-14-11-8(4-2)6-9(12)7-10(11)13/h3-4,6-7H,1-2,5H2. The molecule has 1 rings (SSSR count). The van der Waals surface area contributed by atoms with Gasteiger partial charge in [0, 0.05) is 10.6 Å². The quantitative estimate of drug-likeness (QED) is 0.703. The van der Waals surface area contributed by atoms with Crippen LogP contribution in [0.1, 0.15) is 5.56 Å². The molecule has 0 heterocycles. The van der Waals surface area contributed by atoms with E-state index in [1.807, 2.05) is 0 Å². The largest absolute Gasteiger partial charge is 0.487 e. The molecular weight excluding hydrogens is 219 g/mol. The molecule has 0 aliphatic carbocycles. The Balaban J connectivity index is 3.11. The predicted octanol–water partition coefficient (Wildman–Crippen LogP) is 4.20. The monoisotopic (exact) mass is 228 g/mol. The van der Waals surface area contributed by atoms with Gasteiger partial charge in [-0.2, -0.15) is 0 Å². The fourth-order valence-corrected chi connectivity index (χ4v) is 1.59. The normalized spacial score (nSPS) is 9.57. The molecule has 0 saturated heterocycles. The van der Waals surface area contributed by atoms with Crippen molar-refractivity contribution in [3.8, 4) is 5.75 Å². The van der Waals surface area contributed by atoms with E-state index < -0.39 is 0 Å². The number of rotatable bonds is 4. The van der Waals surface area contributed by atoms with E-state index in [-0.39, 0.29) is 0 Å². The minimum Gasteiger partial charge on any atom is -0.487 e. The minimum atomic E-state index is 0.405. The Kier molecular flexibility index (Phi) is 4.05. The van der Waals surface area contributed by atoms with Crippen LogP contribution in [0.5, 0.6) is 5.75 Å². The van der Waals surface area contributed by atoms with Crippen molar-refractivity contribution < 1.29 is 4.74 Å². The lowest BCUT2D eigenvalue weighted by atomic mass is 10.2. The lowest BCUT2D eigenvalue weighted by Gasteiger charge is -2.09. The van der Waals surface area contributed by atoms with Crippen molar-refractivity contribution in [1.29, 1.82) is 0 Å². The van der Waals surface area contributed by atoms with Crippen molar-refractivity contribution in [3.63, 3.8) is 0 Å². The summed E-state index contributed by atoms with van der Waals surface area (Å²) in [5.41, 5.74) is 0.782. The average molecular weight is 229 g/mol. The summed E-state index contributed by atoms with van der Waals surface area (Å²) in [5.74, 6) is 0.589. The summed E-state index contributed by atoms with van der Waals surface area (Å²) in [5, 5.41) is 1.05. The molecule has 0 aliphatic rings. The van der Waals surface area contributed by atoms with Gasteiger partial charge in [-0.25, -0.2) is 0 Å². The second kappa shape index (κ2) is 5.08. The van der Waals surface area contributed by atoms with Crippen molar-refractivity contribution >= 4 is 29.3 Å². The van der Waals surface area contributed by atoms with Gasteiger partial charge in [-0.15, -0.1) is 0 Å². The molecule has 0 amide bonds. The fourth-order valence-electron chi connectivity index (χ4n) is 1.03. The highest BCUT2D eigenvalue weighted by Crippen LogP contribution is 2.32. The molecule has 0 unspecified atom stereocenters. The van der Waals surface area contributed by atoms with Crippen LogP contribution in [0.15, 0.2) is 31.4 Å². The zero-order valence-electron chi connectivity index (χ0n) is 7.59. The minimum absolute atomic E-state index is 0.405. The molecule has 0 radical (unpaired) electrons. The van der Waals surface area contributed by atoms with E-state index >= 15 is 0 Å². The Morgan fingerprint density at radius 3 is 2.57 bits per heavy atom. The van der Waals surface area contributed by atoms with E-state index in [1.165, 1.54) is 0 Å². The third-order valence-corrected chi connectivity index (χ3v) is 2.10. The van der Waals surface area contributed by atoms with Gasteiger partial charge >= 0.3 is 0 Å². The molecule has 0 atom stereocenters. The van der Waals surface area contributed by atoms with Gasteiger partial charge in [-0.1, -0.05) is 48.5 Å². The van der Waals surface area contributed by atoms with Gasteiger partial charge < -0.3 is 4.74 Å². The van der Waals surface area contributed by atoms with E-state index in [9.17, 15) is 0 Å². The summed E-state index contributed by atoms with van der Waals surface area (Å²) < 4.78 is 5.38. The third-order valence-electron chi connectivity index (χ3n) is 1.60. The Morgan fingerprint density at radius 2 is 2.00 bits per heavy atom. The van der Waals surface area contributed by atoms with Gasteiger partial charge in [0.15, 0.2) is 0 Å². The Morgan fingerprint density at radius 1 is 1.29 bits per heavy atom. The second-order valence-corrected chi connectivity index (χ2v) is 3.45. The first kappa shape index (κ1) is 11.2. The van der Waals surface area contributed by atoms with Crippen LogP contribution in [-0.2, 0) is 0 Å².